The number of aliphatic carboxylic acids is 1. The second-order valence-corrected chi connectivity index (χ2v) is 12.0. The standard InChI is InChI=1S/C25H29N7O7S2/c1-12-11-40-21-16(20(34)32(21)17(12)22(35)36)28-19(33)15(18-29-23(26)41-31-18)30-38-10-14-7-5-13(6-8-14)9-27-24(37)39-25(2,3)4/h5-8,16,21H,9-11H2,1-4H3,(H,27,37)(H,28,33)(H,35,36)(H2,26,29,31)/b30-15+/t16?,21-/m1/s1. The zero-order valence-corrected chi connectivity index (χ0v) is 24.3. The number of nitrogens with one attached hydrogen (secondary N) is 2. The molecule has 3 heterocycles. The number of nitrogens with two attached hydrogens (primary N) is 1. The van der Waals surface area contributed by atoms with E-state index < -0.39 is 40.9 Å². The first-order valence-corrected chi connectivity index (χ1v) is 14.2. The van der Waals surface area contributed by atoms with E-state index >= 15 is 0 Å². The van der Waals surface area contributed by atoms with Gasteiger partial charge in [0.05, 0.1) is 0 Å². The number of thioether (sulfide) groups is 1. The summed E-state index contributed by atoms with van der Waals surface area (Å²) < 4.78 is 9.25. The van der Waals surface area contributed by atoms with Crippen molar-refractivity contribution in [3.8, 4) is 0 Å². The third-order valence-electron chi connectivity index (χ3n) is 5.76. The number of oxime groups is 1. The Hall–Kier alpha value is -4.18. The van der Waals surface area contributed by atoms with Gasteiger partial charge in [0.25, 0.3) is 11.8 Å². The Kier molecular flexibility index (Phi) is 8.82. The lowest BCUT2D eigenvalue weighted by Crippen LogP contribution is -2.71. The average molecular weight is 604 g/mol. The molecule has 41 heavy (non-hydrogen) atoms. The van der Waals surface area contributed by atoms with Gasteiger partial charge in [-0.15, -0.1) is 11.8 Å². The van der Waals surface area contributed by atoms with Crippen LogP contribution in [-0.2, 0) is 37.1 Å². The highest BCUT2D eigenvalue weighted by molar-refractivity contribution is 8.00. The number of amides is 3. The van der Waals surface area contributed by atoms with E-state index in [4.69, 9.17) is 15.3 Å². The van der Waals surface area contributed by atoms with Crippen LogP contribution < -0.4 is 16.4 Å². The highest BCUT2D eigenvalue weighted by Crippen LogP contribution is 2.40. The number of β-lactam (4-membered cyclic amide) rings is 1. The molecule has 0 bridgehead atoms. The number of nitrogen functional groups attached to an aromatic ring is 1. The molecule has 0 aliphatic carbocycles. The molecule has 0 spiro atoms. The van der Waals surface area contributed by atoms with E-state index in [-0.39, 0.29) is 35.5 Å². The zero-order chi connectivity index (χ0) is 29.9. The first kappa shape index (κ1) is 29.8. The molecule has 1 unspecified atom stereocenters. The number of carbonyl (C=O) groups excluding carboxylic acids is 3. The van der Waals surface area contributed by atoms with E-state index in [9.17, 15) is 24.3 Å². The Bertz CT molecular complexity index is 1420. The number of alkyl carbamates (subject to hydrolysis) is 1. The highest BCUT2D eigenvalue weighted by atomic mass is 32.2. The minimum absolute atomic E-state index is 0.00314. The Morgan fingerprint density at radius 1 is 1.22 bits per heavy atom. The van der Waals surface area contributed by atoms with Crippen LogP contribution in [0.3, 0.4) is 0 Å². The lowest BCUT2D eigenvalue weighted by Gasteiger charge is -2.49. The van der Waals surface area contributed by atoms with Gasteiger partial charge in [0.2, 0.25) is 11.5 Å². The smallest absolute Gasteiger partial charge is 0.407 e. The summed E-state index contributed by atoms with van der Waals surface area (Å²) in [5, 5.41) is 18.3. The van der Waals surface area contributed by atoms with Crippen molar-refractivity contribution < 1.29 is 33.9 Å². The van der Waals surface area contributed by atoms with Gasteiger partial charge in [0.15, 0.2) is 5.13 Å². The second kappa shape index (κ2) is 12.1. The van der Waals surface area contributed by atoms with Crippen LogP contribution in [0.5, 0.6) is 0 Å². The van der Waals surface area contributed by atoms with Crippen molar-refractivity contribution >= 4 is 58.0 Å². The largest absolute Gasteiger partial charge is 0.477 e. The highest BCUT2D eigenvalue weighted by Gasteiger charge is 2.54. The number of hydrogen-bond acceptors (Lipinski definition) is 12. The molecule has 2 aromatic rings. The molecule has 5 N–H and O–H groups in total. The summed E-state index contributed by atoms with van der Waals surface area (Å²) >= 11 is 2.21. The van der Waals surface area contributed by atoms with E-state index in [0.29, 0.717) is 11.3 Å². The summed E-state index contributed by atoms with van der Waals surface area (Å²) in [6.45, 7) is 7.27. The molecular weight excluding hydrogens is 574 g/mol. The molecule has 1 aromatic heterocycles. The van der Waals surface area contributed by atoms with E-state index in [1.165, 1.54) is 16.7 Å². The summed E-state index contributed by atoms with van der Waals surface area (Å²) in [5.41, 5.74) is 6.88. The van der Waals surface area contributed by atoms with Crippen LogP contribution in [-0.4, -0.2) is 71.7 Å². The molecule has 0 radical (unpaired) electrons. The molecule has 1 saturated heterocycles. The molecule has 218 valence electrons. The number of carbonyl (C=O) groups is 4. The molecule has 4 rings (SSSR count). The summed E-state index contributed by atoms with van der Waals surface area (Å²) in [5.74, 6) is -2.17. The Morgan fingerprint density at radius 2 is 1.90 bits per heavy atom. The second-order valence-electron chi connectivity index (χ2n) is 10.1. The summed E-state index contributed by atoms with van der Waals surface area (Å²) in [6.07, 6.45) is -0.520. The van der Waals surface area contributed by atoms with Gasteiger partial charge in [-0.2, -0.15) is 9.36 Å². The molecule has 16 heteroatoms. The number of nitrogens with zero attached hydrogens (tertiary/aromatic N) is 4. The van der Waals surface area contributed by atoms with Crippen molar-refractivity contribution in [3.05, 3.63) is 52.5 Å². The van der Waals surface area contributed by atoms with Crippen LogP contribution >= 0.6 is 23.3 Å². The van der Waals surface area contributed by atoms with Crippen LogP contribution in [0.25, 0.3) is 0 Å². The number of carboxylic acids is 1. The third-order valence-corrected chi connectivity index (χ3v) is 7.73. The van der Waals surface area contributed by atoms with Gasteiger partial charge >= 0.3 is 12.1 Å². The van der Waals surface area contributed by atoms with Crippen molar-refractivity contribution in [2.24, 2.45) is 5.16 Å². The van der Waals surface area contributed by atoms with Gasteiger partial charge in [-0.25, -0.2) is 9.59 Å². The quantitative estimate of drug-likeness (QED) is 0.185. The fourth-order valence-corrected chi connectivity index (χ4v) is 5.64. The predicted octanol–water partition coefficient (Wildman–Crippen LogP) is 1.82. The number of anilines is 1. The molecule has 2 aliphatic heterocycles. The molecule has 14 nitrogen and oxygen atoms in total. The number of hydrogen-bond donors (Lipinski definition) is 4. The van der Waals surface area contributed by atoms with Crippen molar-refractivity contribution in [1.29, 1.82) is 0 Å². The van der Waals surface area contributed by atoms with E-state index in [1.54, 1.807) is 52.0 Å². The molecule has 1 fully saturated rings. The minimum atomic E-state index is -1.20. The van der Waals surface area contributed by atoms with Gasteiger partial charge in [-0.3, -0.25) is 14.5 Å². The monoisotopic (exact) mass is 603 g/mol. The van der Waals surface area contributed by atoms with Crippen molar-refractivity contribution in [2.75, 3.05) is 11.5 Å². The molecule has 2 atom stereocenters. The van der Waals surface area contributed by atoms with Gasteiger partial charge in [0.1, 0.15) is 29.3 Å². The van der Waals surface area contributed by atoms with Crippen LogP contribution in [0.4, 0.5) is 9.93 Å². The predicted molar refractivity (Wildman–Crippen MR) is 151 cm³/mol. The van der Waals surface area contributed by atoms with Crippen LogP contribution in [0.15, 0.2) is 40.7 Å². The summed E-state index contributed by atoms with van der Waals surface area (Å²) in [6, 6.07) is 6.19. The number of fused-ring (bicyclic) bond motifs is 1. The lowest BCUT2D eigenvalue weighted by atomic mass is 10.0. The lowest BCUT2D eigenvalue weighted by molar-refractivity contribution is -0.150. The Morgan fingerprint density at radius 3 is 2.51 bits per heavy atom. The molecular formula is C25H29N7O7S2. The van der Waals surface area contributed by atoms with E-state index in [0.717, 1.165) is 22.7 Å². The molecule has 0 saturated carbocycles. The molecule has 1 aromatic carbocycles. The minimum Gasteiger partial charge on any atom is -0.477 e. The number of aromatic nitrogens is 2. The maximum atomic E-state index is 13.2. The summed E-state index contributed by atoms with van der Waals surface area (Å²) in [7, 11) is 0. The Labute approximate surface area is 243 Å². The fraction of sp³-hybridized carbons (Fsp3) is 0.400. The van der Waals surface area contributed by atoms with Crippen molar-refractivity contribution in [3.63, 3.8) is 0 Å². The average Bonchev–Trinajstić information content (AvgIpc) is 3.33. The van der Waals surface area contributed by atoms with Crippen molar-refractivity contribution in [2.45, 2.75) is 57.9 Å². The number of benzene rings is 1. The van der Waals surface area contributed by atoms with Crippen molar-refractivity contribution in [1.82, 2.24) is 24.9 Å². The first-order valence-electron chi connectivity index (χ1n) is 12.4. The van der Waals surface area contributed by atoms with E-state index in [2.05, 4.69) is 25.1 Å². The number of ether oxygens (including phenoxy) is 1. The van der Waals surface area contributed by atoms with Crippen LogP contribution in [0.2, 0.25) is 0 Å². The van der Waals surface area contributed by atoms with Crippen LogP contribution in [0, 0.1) is 0 Å². The fourth-order valence-electron chi connectivity index (χ4n) is 3.91. The SMILES string of the molecule is CC1=C(C(=O)O)N2C(=O)C(NC(=O)/C(=N/OCc3ccc(CNC(=O)OC(C)(C)C)cc3)c3nsc(N)n3)[C@H]2SC1. The van der Waals surface area contributed by atoms with Gasteiger partial charge in [-0.1, -0.05) is 29.4 Å². The van der Waals surface area contributed by atoms with E-state index in [1.807, 2.05) is 0 Å². The number of carboxylic acid groups (broad SMARTS) is 1. The zero-order valence-electron chi connectivity index (χ0n) is 22.7. The van der Waals surface area contributed by atoms with Gasteiger partial charge in [0, 0.05) is 23.8 Å². The topological polar surface area (TPSA) is 198 Å². The first-order chi connectivity index (χ1) is 19.3. The maximum absolute atomic E-state index is 13.2. The molecule has 2 aliphatic rings. The summed E-state index contributed by atoms with van der Waals surface area (Å²) in [4.78, 5) is 60.0. The van der Waals surface area contributed by atoms with Gasteiger partial charge < -0.3 is 31.0 Å². The van der Waals surface area contributed by atoms with Crippen LogP contribution in [0.1, 0.15) is 44.6 Å². The normalized spacial score (nSPS) is 18.8. The van der Waals surface area contributed by atoms with Gasteiger partial charge in [-0.05, 0) is 44.4 Å². The third kappa shape index (κ3) is 7.13. The maximum Gasteiger partial charge on any atom is 0.407 e. The number of rotatable bonds is 9. The Balaban J connectivity index is 1.39. The molecule has 3 amide bonds.